The van der Waals surface area contributed by atoms with Crippen LogP contribution in [0.3, 0.4) is 0 Å². The third kappa shape index (κ3) is 20.5. The lowest BCUT2D eigenvalue weighted by atomic mass is 9.83. The van der Waals surface area contributed by atoms with Crippen LogP contribution >= 0.6 is 11.8 Å². The van der Waals surface area contributed by atoms with Gasteiger partial charge in [-0.1, -0.05) is 72.6 Å². The number of fused-ring (bicyclic) bond motifs is 1. The van der Waals surface area contributed by atoms with Crippen molar-refractivity contribution in [2.45, 2.75) is 168 Å². The average Bonchev–Trinajstić information content (AvgIpc) is 3.19. The van der Waals surface area contributed by atoms with Crippen molar-refractivity contribution in [2.75, 3.05) is 24.6 Å². The molecule has 0 bridgehead atoms. The maximum Gasteiger partial charge on any atom is 0.322 e. The summed E-state index contributed by atoms with van der Waals surface area (Å²) in [6.07, 6.45) is 11.0. The highest BCUT2D eigenvalue weighted by Crippen LogP contribution is 2.45. The van der Waals surface area contributed by atoms with Crippen molar-refractivity contribution in [2.24, 2.45) is 23.5 Å². The number of hydrogen-bond donors (Lipinski definition) is 7. The van der Waals surface area contributed by atoms with Crippen molar-refractivity contribution in [3.05, 3.63) is 22.3 Å². The Morgan fingerprint density at radius 1 is 0.859 bits per heavy atom. The number of amides is 3. The molecule has 0 saturated carbocycles. The predicted molar refractivity (Wildman–Crippen MR) is 246 cm³/mol. The Bertz CT molecular complexity index is 1880. The summed E-state index contributed by atoms with van der Waals surface area (Å²) >= 11 is 0.732. The fourth-order valence-electron chi connectivity index (χ4n) is 7.72. The first-order valence-electron chi connectivity index (χ1n) is 22.5. The Morgan fingerprint density at radius 3 is 2.05 bits per heavy atom. The monoisotopic (exact) mass is 942 g/mol. The van der Waals surface area contributed by atoms with E-state index >= 15 is 0 Å². The summed E-state index contributed by atoms with van der Waals surface area (Å²) in [5.41, 5.74) is 8.24. The minimum absolute atomic E-state index is 0.271. The van der Waals surface area contributed by atoms with E-state index in [2.05, 4.69) is 50.6 Å². The van der Waals surface area contributed by atoms with Gasteiger partial charge in [0.1, 0.15) is 35.7 Å². The van der Waals surface area contributed by atoms with Crippen LogP contribution in [0.5, 0.6) is 11.5 Å². The molecule has 0 aromatic heterocycles. The normalized spacial score (nSPS) is 17.2. The first-order chi connectivity index (χ1) is 29.8. The van der Waals surface area contributed by atoms with Gasteiger partial charge < -0.3 is 41.4 Å². The Labute approximate surface area is 383 Å². The molecule has 1 aromatic rings. The summed E-state index contributed by atoms with van der Waals surface area (Å²) in [6.45, 7) is 15.7. The molecule has 3 amide bonds. The van der Waals surface area contributed by atoms with Gasteiger partial charge in [-0.15, -0.1) is 11.8 Å². The van der Waals surface area contributed by atoms with Crippen molar-refractivity contribution in [1.82, 2.24) is 16.0 Å². The molecule has 2 rings (SSSR count). The lowest BCUT2D eigenvalue weighted by molar-refractivity contribution is -0.139. The van der Waals surface area contributed by atoms with E-state index in [0.29, 0.717) is 29.2 Å². The largest absolute Gasteiger partial charge is 0.487 e. The molecule has 0 radical (unpaired) electrons. The van der Waals surface area contributed by atoms with Crippen LogP contribution < -0.4 is 31.2 Å². The number of ether oxygens (including phenoxy) is 2. The number of carbonyl (C=O) groups is 6. The molecule has 1 aliphatic rings. The number of rotatable bonds is 30. The third-order valence-electron chi connectivity index (χ3n) is 11.9. The number of aliphatic carboxylic acids is 2. The van der Waals surface area contributed by atoms with E-state index in [-0.39, 0.29) is 17.8 Å². The number of carbonyl (C=O) groups excluding carboxylic acids is 4. The number of nitrogens with two attached hydrogens (primary N) is 1. The van der Waals surface area contributed by atoms with Crippen molar-refractivity contribution >= 4 is 57.5 Å². The fraction of sp³-hybridized carbons (Fsp3) is 0.733. The minimum atomic E-state index is -4.45. The average molecular weight is 943 g/mol. The topological polar surface area (TPSA) is 278 Å². The summed E-state index contributed by atoms with van der Waals surface area (Å²) in [6, 6.07) is -2.81. The number of esters is 1. The van der Waals surface area contributed by atoms with Crippen LogP contribution in [0.25, 0.3) is 0 Å². The summed E-state index contributed by atoms with van der Waals surface area (Å²) in [4.78, 5) is 75.0. The quantitative estimate of drug-likeness (QED) is 0.0288. The first kappa shape index (κ1) is 56.2. The molecule has 17 nitrogen and oxygen atoms in total. The van der Waals surface area contributed by atoms with E-state index in [1.165, 1.54) is 38.5 Å². The Balaban J connectivity index is 2.18. The maximum atomic E-state index is 13.7. The zero-order valence-electron chi connectivity index (χ0n) is 39.0. The van der Waals surface area contributed by atoms with Crippen LogP contribution in [0.2, 0.25) is 0 Å². The van der Waals surface area contributed by atoms with E-state index in [4.69, 9.17) is 25.4 Å². The summed E-state index contributed by atoms with van der Waals surface area (Å²) < 4.78 is 44.5. The van der Waals surface area contributed by atoms with Crippen molar-refractivity contribution in [3.8, 4) is 11.5 Å². The van der Waals surface area contributed by atoms with Crippen molar-refractivity contribution in [1.29, 1.82) is 0 Å². The summed E-state index contributed by atoms with van der Waals surface area (Å²) in [5, 5.41) is 23.7. The number of carboxylic acids is 2. The molecule has 19 heteroatoms. The molecule has 0 spiro atoms. The number of nitrogens with one attached hydrogen (secondary N) is 3. The minimum Gasteiger partial charge on any atom is -0.487 e. The lowest BCUT2D eigenvalue weighted by Crippen LogP contribution is -2.50. The number of carboxylic acid groups (broad SMARTS) is 2. The molecule has 6 atom stereocenters. The number of hydrogen-bond acceptors (Lipinski definition) is 12. The van der Waals surface area contributed by atoms with Crippen LogP contribution in [-0.2, 0) is 45.3 Å². The highest BCUT2D eigenvalue weighted by Gasteiger charge is 2.36. The molecule has 8 N–H and O–H groups in total. The van der Waals surface area contributed by atoms with Gasteiger partial charge in [-0.25, -0.2) is 0 Å². The second kappa shape index (κ2) is 26.9. The molecule has 1 aromatic carbocycles. The van der Waals surface area contributed by atoms with Gasteiger partial charge in [0, 0.05) is 24.3 Å². The molecule has 1 aliphatic heterocycles. The molecule has 1 heterocycles. The molecule has 0 saturated heterocycles. The molecular formula is C45H74N4O13S2. The van der Waals surface area contributed by atoms with Gasteiger partial charge >= 0.3 is 17.9 Å². The zero-order chi connectivity index (χ0) is 48.4. The lowest BCUT2D eigenvalue weighted by Gasteiger charge is -2.38. The highest BCUT2D eigenvalue weighted by molar-refractivity contribution is 8.00. The van der Waals surface area contributed by atoms with E-state index in [1.807, 2.05) is 20.8 Å². The first-order valence-corrected chi connectivity index (χ1v) is 25.1. The van der Waals surface area contributed by atoms with Crippen LogP contribution in [0.4, 0.5) is 0 Å². The van der Waals surface area contributed by atoms with Crippen LogP contribution in [0, 0.1) is 38.5 Å². The number of benzene rings is 1. The van der Waals surface area contributed by atoms with Gasteiger partial charge in [-0.3, -0.25) is 33.3 Å². The molecule has 64 heavy (non-hydrogen) atoms. The second-order valence-corrected chi connectivity index (χ2v) is 21.0. The Morgan fingerprint density at radius 2 is 1.47 bits per heavy atom. The van der Waals surface area contributed by atoms with Gasteiger partial charge in [0.15, 0.2) is 0 Å². The number of thioether (sulfide) groups is 1. The molecule has 364 valence electrons. The summed E-state index contributed by atoms with van der Waals surface area (Å²) in [7, 11) is -4.45. The molecule has 0 fully saturated rings. The Kier molecular flexibility index (Phi) is 23.6. The summed E-state index contributed by atoms with van der Waals surface area (Å²) in [5.74, 6) is -4.06. The van der Waals surface area contributed by atoms with E-state index in [1.54, 1.807) is 0 Å². The molecular weight excluding hydrogens is 869 g/mol. The van der Waals surface area contributed by atoms with Gasteiger partial charge in [0.05, 0.1) is 17.4 Å². The van der Waals surface area contributed by atoms with Crippen LogP contribution in [0.1, 0.15) is 140 Å². The zero-order valence-corrected chi connectivity index (χ0v) is 40.6. The van der Waals surface area contributed by atoms with Gasteiger partial charge in [-0.2, -0.15) is 8.42 Å². The highest BCUT2D eigenvalue weighted by atomic mass is 32.2. The third-order valence-corrected chi connectivity index (χ3v) is 13.9. The smallest absolute Gasteiger partial charge is 0.322 e. The SMILES string of the molecule is Cc1c(C)c2c(c(C)c1OC(=O)CC(SC[C@H](NC(=O)CC[C@H](N)C(=O)O)C(=O)NCC(=O)O)C(=O)NCCS(=O)(=O)O)CCC(C)(CCCC(C)CCCC(C)CCCC(C)C)O2. The van der Waals surface area contributed by atoms with E-state index in [9.17, 15) is 41.7 Å². The van der Waals surface area contributed by atoms with Gasteiger partial charge in [0.25, 0.3) is 10.1 Å². The van der Waals surface area contributed by atoms with Crippen molar-refractivity contribution in [3.63, 3.8) is 0 Å². The van der Waals surface area contributed by atoms with E-state index < -0.39 is 94.8 Å². The van der Waals surface area contributed by atoms with Crippen LogP contribution in [-0.4, -0.2) is 106 Å². The second-order valence-electron chi connectivity index (χ2n) is 18.2. The Hall–Kier alpha value is -3.94. The van der Waals surface area contributed by atoms with Crippen molar-refractivity contribution < 1.29 is 61.4 Å². The maximum absolute atomic E-state index is 13.7. The fourth-order valence-corrected chi connectivity index (χ4v) is 9.23. The predicted octanol–water partition coefficient (Wildman–Crippen LogP) is 5.41. The standard InChI is InChI=1S/C45H74N4O13S2/c1-27(2)12-9-13-28(3)14-10-15-29(4)16-11-20-45(8)21-19-33-32(7)40(30(5)31(6)41(33)62-45)61-39(53)24-36(43(55)47-22-23-64(58,59)60)63-26-35(42(54)48-25-38(51)52)49-37(50)18-17-34(46)44(56)57/h27-29,34-36H,9-26,46H2,1-8H3,(H,47,55)(H,48,54)(H,49,50)(H,51,52)(H,56,57)(H,58,59,60)/t28?,29?,34-,35-,36?,45?/m0/s1. The van der Waals surface area contributed by atoms with Gasteiger partial charge in [0.2, 0.25) is 17.7 Å². The molecule has 0 aliphatic carbocycles. The van der Waals surface area contributed by atoms with Gasteiger partial charge in [-0.05, 0) is 94.2 Å². The van der Waals surface area contributed by atoms with Crippen LogP contribution in [0.15, 0.2) is 0 Å². The molecule has 4 unspecified atom stereocenters. The van der Waals surface area contributed by atoms with E-state index in [0.717, 1.165) is 66.2 Å².